The van der Waals surface area contributed by atoms with E-state index in [1.165, 1.54) is 6.20 Å². The Labute approximate surface area is 245 Å². The maximum atomic E-state index is 13.3. The Morgan fingerprint density at radius 1 is 0.767 bits per heavy atom. The van der Waals surface area contributed by atoms with Gasteiger partial charge in [0.05, 0.1) is 28.6 Å². The van der Waals surface area contributed by atoms with Crippen LogP contribution in [0.2, 0.25) is 0 Å². The zero-order valence-electron chi connectivity index (χ0n) is 22.5. The molecule has 12 heteroatoms. The van der Waals surface area contributed by atoms with Crippen molar-refractivity contribution in [2.75, 3.05) is 13.3 Å². The number of hydrogen-bond acceptors (Lipinski definition) is 11. The Kier molecular flexibility index (Phi) is 7.83. The zero-order chi connectivity index (χ0) is 29.8. The van der Waals surface area contributed by atoms with Gasteiger partial charge >= 0.3 is 23.8 Å². The molecule has 6 rings (SSSR count). The zero-order valence-corrected chi connectivity index (χ0v) is 22.5. The van der Waals surface area contributed by atoms with Crippen LogP contribution in [0.25, 0.3) is 0 Å². The van der Waals surface area contributed by atoms with Crippen molar-refractivity contribution in [3.8, 4) is 0 Å². The molecule has 216 valence electrons. The van der Waals surface area contributed by atoms with Crippen LogP contribution >= 0.6 is 0 Å². The number of carbonyl (C=O) groups excluding carboxylic acids is 4. The van der Waals surface area contributed by atoms with E-state index in [1.807, 2.05) is 0 Å². The summed E-state index contributed by atoms with van der Waals surface area (Å²) in [4.78, 5) is 57.5. The van der Waals surface area contributed by atoms with Crippen molar-refractivity contribution in [2.24, 2.45) is 15.2 Å². The average molecular weight is 581 g/mol. The molecule has 12 nitrogen and oxygen atoms in total. The van der Waals surface area contributed by atoms with Crippen molar-refractivity contribution >= 4 is 29.5 Å². The molecule has 0 aliphatic carbocycles. The molecule has 1 saturated heterocycles. The van der Waals surface area contributed by atoms with Crippen molar-refractivity contribution in [2.45, 2.75) is 24.5 Å². The average Bonchev–Trinajstić information content (AvgIpc) is 3.63. The first-order valence-corrected chi connectivity index (χ1v) is 13.4. The summed E-state index contributed by atoms with van der Waals surface area (Å²) in [5.41, 5.74) is 1.21. The van der Waals surface area contributed by atoms with E-state index in [1.54, 1.807) is 95.9 Å². The Morgan fingerprint density at radius 2 is 1.30 bits per heavy atom. The summed E-state index contributed by atoms with van der Waals surface area (Å²) in [6.07, 6.45) is -3.27. The summed E-state index contributed by atoms with van der Waals surface area (Å²) < 4.78 is 23.7. The van der Waals surface area contributed by atoms with Crippen LogP contribution in [0.4, 0.5) is 0 Å². The van der Waals surface area contributed by atoms with Crippen molar-refractivity contribution in [1.82, 2.24) is 4.90 Å². The number of benzene rings is 3. The maximum Gasteiger partial charge on any atom is 0.338 e. The van der Waals surface area contributed by atoms with Gasteiger partial charge in [0.1, 0.15) is 19.4 Å². The number of nitrogens with zero attached hydrogens (tertiary/aromatic N) is 4. The quantitative estimate of drug-likeness (QED) is 0.288. The van der Waals surface area contributed by atoms with Crippen LogP contribution in [0.5, 0.6) is 0 Å². The van der Waals surface area contributed by atoms with Crippen LogP contribution in [0.1, 0.15) is 31.1 Å². The van der Waals surface area contributed by atoms with Crippen molar-refractivity contribution in [3.63, 3.8) is 0 Å². The standard InChI is InChI=1S/C31H24N4O8/c36-27-24-22(16-33-34-27)35(18-32-24)28-26(43-31(39)21-14-8-3-9-15-21)25(42-30(38)20-12-6-2-7-13-20)23(41-28)17-40-29(37)19-10-4-1-5-11-19/h1-16,23,25-26,28H,17-18H2/t23-,25-,26-,28-/m1/s1. The van der Waals surface area contributed by atoms with Gasteiger partial charge in [-0.1, -0.05) is 54.6 Å². The van der Waals surface area contributed by atoms with E-state index < -0.39 is 48.4 Å². The van der Waals surface area contributed by atoms with Crippen molar-refractivity contribution in [1.29, 1.82) is 0 Å². The number of hydrogen-bond donors (Lipinski definition) is 0. The number of ether oxygens (including phenoxy) is 4. The highest BCUT2D eigenvalue weighted by atomic mass is 16.7. The van der Waals surface area contributed by atoms with Crippen LogP contribution in [-0.2, 0) is 23.7 Å². The van der Waals surface area contributed by atoms with E-state index in [0.717, 1.165) is 0 Å². The molecule has 3 aromatic carbocycles. The van der Waals surface area contributed by atoms with E-state index in [9.17, 15) is 19.2 Å². The SMILES string of the molecule is O=C1N=NC=C2C1=NCN2[C@@H]1O[C@H](COC(=O)c2ccccc2)[C@@H](OC(=O)c2ccccc2)[C@H]1OC(=O)c1ccccc1. The molecule has 0 saturated carbocycles. The molecule has 0 spiro atoms. The third-order valence-electron chi connectivity index (χ3n) is 6.95. The van der Waals surface area contributed by atoms with E-state index in [2.05, 4.69) is 15.2 Å². The number of fused-ring (bicyclic) bond motifs is 1. The number of carbonyl (C=O) groups is 4. The number of amides is 1. The normalized spacial score (nSPS) is 22.3. The lowest BCUT2D eigenvalue weighted by molar-refractivity contribution is -0.112. The van der Waals surface area contributed by atoms with E-state index in [0.29, 0.717) is 11.3 Å². The molecule has 3 aliphatic rings. The van der Waals surface area contributed by atoms with E-state index >= 15 is 0 Å². The molecular weight excluding hydrogens is 556 g/mol. The molecule has 3 aromatic rings. The minimum absolute atomic E-state index is 0.0438. The monoisotopic (exact) mass is 580 g/mol. The molecule has 4 atom stereocenters. The van der Waals surface area contributed by atoms with Gasteiger partial charge in [0.25, 0.3) is 0 Å². The molecule has 3 aliphatic heterocycles. The third-order valence-corrected chi connectivity index (χ3v) is 6.95. The molecule has 43 heavy (non-hydrogen) atoms. The van der Waals surface area contributed by atoms with Crippen LogP contribution in [0.3, 0.4) is 0 Å². The van der Waals surface area contributed by atoms with Crippen LogP contribution in [0.15, 0.2) is 118 Å². The second kappa shape index (κ2) is 12.2. The smallest absolute Gasteiger partial charge is 0.338 e. The van der Waals surface area contributed by atoms with Gasteiger partial charge in [-0.3, -0.25) is 9.79 Å². The minimum Gasteiger partial charge on any atom is -0.459 e. The van der Waals surface area contributed by atoms with Gasteiger partial charge in [-0.05, 0) is 36.4 Å². The second-order valence-corrected chi connectivity index (χ2v) is 9.65. The maximum absolute atomic E-state index is 13.3. The van der Waals surface area contributed by atoms with Crippen LogP contribution in [0, 0.1) is 0 Å². The second-order valence-electron chi connectivity index (χ2n) is 9.65. The van der Waals surface area contributed by atoms with E-state index in [4.69, 9.17) is 18.9 Å². The topological polar surface area (TPSA) is 146 Å². The van der Waals surface area contributed by atoms with Gasteiger partial charge in [0, 0.05) is 0 Å². The lowest BCUT2D eigenvalue weighted by Gasteiger charge is -2.31. The first kappa shape index (κ1) is 27.7. The molecule has 1 fully saturated rings. The van der Waals surface area contributed by atoms with Crippen molar-refractivity contribution < 1.29 is 38.1 Å². The van der Waals surface area contributed by atoms with Gasteiger partial charge in [0.15, 0.2) is 24.1 Å². The molecule has 3 heterocycles. The fraction of sp³-hybridized carbons (Fsp3) is 0.194. The Hall–Kier alpha value is -5.49. The molecule has 0 aromatic heterocycles. The molecule has 1 amide bonds. The minimum atomic E-state index is -1.23. The van der Waals surface area contributed by atoms with Gasteiger partial charge < -0.3 is 23.8 Å². The summed E-state index contributed by atoms with van der Waals surface area (Å²) in [5.74, 6) is -2.65. The third kappa shape index (κ3) is 5.81. The first-order chi connectivity index (χ1) is 21.0. The fourth-order valence-electron chi connectivity index (χ4n) is 4.86. The number of rotatable bonds is 8. The Balaban J connectivity index is 1.33. The number of esters is 3. The van der Waals surface area contributed by atoms with Gasteiger partial charge in [0.2, 0.25) is 0 Å². The highest BCUT2D eigenvalue weighted by Gasteiger charge is 2.54. The lowest BCUT2D eigenvalue weighted by Crippen LogP contribution is -2.47. The number of aliphatic imine (C=N–C) groups is 1. The summed E-state index contributed by atoms with van der Waals surface area (Å²) in [5, 5.41) is 7.27. The van der Waals surface area contributed by atoms with Crippen LogP contribution < -0.4 is 0 Å². The first-order valence-electron chi connectivity index (χ1n) is 13.4. The van der Waals surface area contributed by atoms with Gasteiger partial charge in [-0.15, -0.1) is 5.11 Å². The van der Waals surface area contributed by atoms with Gasteiger partial charge in [-0.2, -0.15) is 5.11 Å². The molecule has 0 radical (unpaired) electrons. The Bertz CT molecular complexity index is 1630. The Morgan fingerprint density at radius 3 is 1.88 bits per heavy atom. The molecule has 0 unspecified atom stereocenters. The highest BCUT2D eigenvalue weighted by Crippen LogP contribution is 2.35. The molecule has 0 bridgehead atoms. The fourth-order valence-corrected chi connectivity index (χ4v) is 4.86. The lowest BCUT2D eigenvalue weighted by atomic mass is 10.1. The summed E-state index contributed by atoms with van der Waals surface area (Å²) >= 11 is 0. The van der Waals surface area contributed by atoms with E-state index in [-0.39, 0.29) is 30.1 Å². The predicted octanol–water partition coefficient (Wildman–Crippen LogP) is 3.57. The summed E-state index contributed by atoms with van der Waals surface area (Å²) in [6.45, 7) is -0.381. The van der Waals surface area contributed by atoms with Crippen molar-refractivity contribution in [3.05, 3.63) is 120 Å². The largest absolute Gasteiger partial charge is 0.459 e. The summed E-state index contributed by atoms with van der Waals surface area (Å²) in [6, 6.07) is 24.9. The molecular formula is C31H24N4O8. The van der Waals surface area contributed by atoms with Crippen LogP contribution in [-0.4, -0.2) is 72.2 Å². The summed E-state index contributed by atoms with van der Waals surface area (Å²) in [7, 11) is 0. The van der Waals surface area contributed by atoms with Gasteiger partial charge in [-0.25, -0.2) is 14.4 Å². The molecule has 0 N–H and O–H groups in total. The predicted molar refractivity (Wildman–Crippen MR) is 149 cm³/mol. The highest BCUT2D eigenvalue weighted by molar-refractivity contribution is 6.46. The number of azo groups is 1.